The molecule has 30 heavy (non-hydrogen) atoms. The fourth-order valence-electron chi connectivity index (χ4n) is 2.98. The van der Waals surface area contributed by atoms with Crippen LogP contribution in [-0.4, -0.2) is 38.0 Å². The molecule has 0 heterocycles. The lowest BCUT2D eigenvalue weighted by molar-refractivity contribution is -0.116. The summed E-state index contributed by atoms with van der Waals surface area (Å²) in [5, 5.41) is 2.80. The van der Waals surface area contributed by atoms with E-state index in [0.29, 0.717) is 11.3 Å². The highest BCUT2D eigenvalue weighted by atomic mass is 32.2. The highest BCUT2D eigenvalue weighted by Gasteiger charge is 2.23. The summed E-state index contributed by atoms with van der Waals surface area (Å²) in [4.78, 5) is 24.0. The quantitative estimate of drug-likeness (QED) is 0.587. The molecule has 0 spiro atoms. The molecule has 3 rings (SSSR count). The van der Waals surface area contributed by atoms with Gasteiger partial charge < -0.3 is 5.32 Å². The van der Waals surface area contributed by atoms with Crippen LogP contribution in [0.2, 0.25) is 0 Å². The van der Waals surface area contributed by atoms with E-state index < -0.39 is 15.9 Å². The number of nitrogens with one attached hydrogen (secondary N) is 1. The normalized spacial score (nSPS) is 11.3. The summed E-state index contributed by atoms with van der Waals surface area (Å²) < 4.78 is 26.5. The number of hydrogen-bond acceptors (Lipinski definition) is 4. The Morgan fingerprint density at radius 2 is 1.47 bits per heavy atom. The summed E-state index contributed by atoms with van der Waals surface area (Å²) in [5.41, 5.74) is 2.81. The average molecular weight is 423 g/mol. The predicted molar refractivity (Wildman–Crippen MR) is 117 cm³/mol. The average Bonchev–Trinajstić information content (AvgIpc) is 2.74. The molecule has 0 aliphatic carbocycles. The van der Waals surface area contributed by atoms with E-state index in [9.17, 15) is 18.0 Å². The predicted octanol–water partition coefficient (Wildman–Crippen LogP) is 3.82. The van der Waals surface area contributed by atoms with E-state index >= 15 is 0 Å². The summed E-state index contributed by atoms with van der Waals surface area (Å²) in [6.07, 6.45) is 0. The molecule has 0 aromatic heterocycles. The van der Waals surface area contributed by atoms with E-state index in [-0.39, 0.29) is 17.2 Å². The van der Waals surface area contributed by atoms with Crippen molar-refractivity contribution in [1.29, 1.82) is 0 Å². The second kappa shape index (κ2) is 9.02. The van der Waals surface area contributed by atoms with Gasteiger partial charge in [0.1, 0.15) is 0 Å². The van der Waals surface area contributed by atoms with E-state index in [1.165, 1.54) is 38.2 Å². The topological polar surface area (TPSA) is 83.6 Å². The Balaban J connectivity index is 1.74. The largest absolute Gasteiger partial charge is 0.324 e. The van der Waals surface area contributed by atoms with Crippen molar-refractivity contribution in [2.45, 2.75) is 11.8 Å². The van der Waals surface area contributed by atoms with Gasteiger partial charge in [-0.3, -0.25) is 9.59 Å². The summed E-state index contributed by atoms with van der Waals surface area (Å²) in [5.74, 6) is -0.603. The molecular formula is C23H22N2O4S. The number of nitrogens with zero attached hydrogens (tertiary/aromatic N) is 1. The van der Waals surface area contributed by atoms with Gasteiger partial charge >= 0.3 is 0 Å². The highest BCUT2D eigenvalue weighted by Crippen LogP contribution is 2.27. The fraction of sp³-hybridized carbons (Fsp3) is 0.130. The van der Waals surface area contributed by atoms with Gasteiger partial charge in [0.2, 0.25) is 15.9 Å². The van der Waals surface area contributed by atoms with Gasteiger partial charge in [-0.25, -0.2) is 8.42 Å². The van der Waals surface area contributed by atoms with Gasteiger partial charge in [-0.2, -0.15) is 4.31 Å². The van der Waals surface area contributed by atoms with Crippen LogP contribution in [0.5, 0.6) is 0 Å². The molecule has 3 aromatic carbocycles. The number of para-hydroxylation sites is 1. The summed E-state index contributed by atoms with van der Waals surface area (Å²) in [7, 11) is -2.53. The van der Waals surface area contributed by atoms with Crippen molar-refractivity contribution in [3.8, 4) is 11.1 Å². The highest BCUT2D eigenvalue weighted by molar-refractivity contribution is 7.89. The Bertz CT molecular complexity index is 1160. The van der Waals surface area contributed by atoms with Crippen LogP contribution in [0.25, 0.3) is 11.1 Å². The first-order chi connectivity index (χ1) is 14.3. The van der Waals surface area contributed by atoms with Crippen molar-refractivity contribution in [2.24, 2.45) is 0 Å². The number of Topliss-reactive ketones (excluding diaryl/α,β-unsaturated/α-hetero) is 1. The third-order valence-electron chi connectivity index (χ3n) is 4.62. The van der Waals surface area contributed by atoms with Crippen molar-refractivity contribution in [3.63, 3.8) is 0 Å². The number of likely N-dealkylation sites (N-methyl/N-ethyl adjacent to an activating group) is 1. The van der Waals surface area contributed by atoms with E-state index in [4.69, 9.17) is 0 Å². The Hall–Kier alpha value is -3.29. The maximum Gasteiger partial charge on any atom is 0.243 e. The lowest BCUT2D eigenvalue weighted by atomic mass is 10.0. The van der Waals surface area contributed by atoms with Crippen LogP contribution < -0.4 is 5.32 Å². The lowest BCUT2D eigenvalue weighted by Crippen LogP contribution is -2.35. The first-order valence-corrected chi connectivity index (χ1v) is 10.7. The smallest absolute Gasteiger partial charge is 0.243 e. The molecule has 1 N–H and O–H groups in total. The lowest BCUT2D eigenvalue weighted by Gasteiger charge is -2.18. The van der Waals surface area contributed by atoms with E-state index in [0.717, 1.165) is 15.4 Å². The molecular weight excluding hydrogens is 400 g/mol. The molecule has 0 fully saturated rings. The molecule has 0 saturated carbocycles. The molecule has 0 bridgehead atoms. The molecule has 1 amide bonds. The van der Waals surface area contributed by atoms with E-state index in [2.05, 4.69) is 5.32 Å². The Labute approximate surface area is 176 Å². The Kier molecular flexibility index (Phi) is 6.44. The Morgan fingerprint density at radius 1 is 0.867 bits per heavy atom. The van der Waals surface area contributed by atoms with Crippen molar-refractivity contribution in [1.82, 2.24) is 4.31 Å². The summed E-state index contributed by atoms with van der Waals surface area (Å²) in [6, 6.07) is 22.6. The second-order valence-electron chi connectivity index (χ2n) is 6.80. The number of carbonyl (C=O) groups is 2. The minimum atomic E-state index is -3.87. The molecule has 7 heteroatoms. The molecule has 0 atom stereocenters. The molecule has 6 nitrogen and oxygen atoms in total. The SMILES string of the molecule is CC(=O)c1ccc(S(=O)(=O)N(C)CC(=O)Nc2ccccc2-c2ccccc2)cc1. The number of hydrogen-bond donors (Lipinski definition) is 1. The van der Waals surface area contributed by atoms with Crippen LogP contribution >= 0.6 is 0 Å². The third-order valence-corrected chi connectivity index (χ3v) is 6.44. The minimum absolute atomic E-state index is 0.0208. The Morgan fingerprint density at radius 3 is 2.10 bits per heavy atom. The van der Waals surface area contributed by atoms with Gasteiger partial charge in [0.15, 0.2) is 5.78 Å². The molecule has 0 saturated heterocycles. The van der Waals surface area contributed by atoms with Gasteiger partial charge in [-0.15, -0.1) is 0 Å². The van der Waals surface area contributed by atoms with Crippen LogP contribution in [0, 0.1) is 0 Å². The molecule has 0 aliphatic heterocycles. The van der Waals surface area contributed by atoms with Gasteiger partial charge in [0.25, 0.3) is 0 Å². The summed E-state index contributed by atoms with van der Waals surface area (Å²) >= 11 is 0. The zero-order valence-electron chi connectivity index (χ0n) is 16.7. The zero-order valence-corrected chi connectivity index (χ0v) is 17.5. The van der Waals surface area contributed by atoms with Crippen LogP contribution in [0.3, 0.4) is 0 Å². The maximum atomic E-state index is 12.8. The fourth-order valence-corrected chi connectivity index (χ4v) is 4.11. The van der Waals surface area contributed by atoms with Crippen LogP contribution in [0.4, 0.5) is 5.69 Å². The molecule has 3 aromatic rings. The van der Waals surface area contributed by atoms with Crippen molar-refractivity contribution >= 4 is 27.4 Å². The number of ketones is 1. The van der Waals surface area contributed by atoms with Crippen LogP contribution in [0.15, 0.2) is 83.8 Å². The van der Waals surface area contributed by atoms with Gasteiger partial charge in [0.05, 0.1) is 11.4 Å². The first kappa shape index (κ1) is 21.4. The molecule has 0 radical (unpaired) electrons. The van der Waals surface area contributed by atoms with Gasteiger partial charge in [-0.1, -0.05) is 60.7 Å². The number of benzene rings is 3. The second-order valence-corrected chi connectivity index (χ2v) is 8.85. The maximum absolute atomic E-state index is 12.8. The monoisotopic (exact) mass is 422 g/mol. The standard InChI is InChI=1S/C23H22N2O4S/c1-17(26)18-12-14-20(15-13-18)30(28,29)25(2)16-23(27)24-22-11-7-6-10-21(22)19-8-4-3-5-9-19/h3-15H,16H2,1-2H3,(H,24,27). The first-order valence-electron chi connectivity index (χ1n) is 9.30. The van der Waals surface area contributed by atoms with Crippen LogP contribution in [0.1, 0.15) is 17.3 Å². The molecule has 154 valence electrons. The van der Waals surface area contributed by atoms with Crippen LogP contribution in [-0.2, 0) is 14.8 Å². The van der Waals surface area contributed by atoms with Crippen molar-refractivity contribution in [2.75, 3.05) is 18.9 Å². The van der Waals surface area contributed by atoms with E-state index in [1.807, 2.05) is 42.5 Å². The van der Waals surface area contributed by atoms with Crippen molar-refractivity contribution in [3.05, 3.63) is 84.4 Å². The molecule has 0 aliphatic rings. The van der Waals surface area contributed by atoms with Crippen molar-refractivity contribution < 1.29 is 18.0 Å². The van der Waals surface area contributed by atoms with E-state index in [1.54, 1.807) is 12.1 Å². The third kappa shape index (κ3) is 4.82. The number of carbonyl (C=O) groups excluding carboxylic acids is 2. The number of amides is 1. The molecule has 0 unspecified atom stereocenters. The number of rotatable bonds is 7. The minimum Gasteiger partial charge on any atom is -0.324 e. The number of sulfonamides is 1. The van der Waals surface area contributed by atoms with Gasteiger partial charge in [0, 0.05) is 23.9 Å². The number of anilines is 1. The van der Waals surface area contributed by atoms with Gasteiger partial charge in [-0.05, 0) is 30.7 Å². The summed E-state index contributed by atoms with van der Waals surface area (Å²) in [6.45, 7) is 1.06. The zero-order chi connectivity index (χ0) is 21.7.